The van der Waals surface area contributed by atoms with E-state index in [1.165, 1.54) is 44.2 Å². The minimum absolute atomic E-state index is 0.610. The second-order valence-corrected chi connectivity index (χ2v) is 16.3. The molecule has 294 valence electrons. The Labute approximate surface area is 364 Å². The maximum absolute atomic E-state index is 7.09. The van der Waals surface area contributed by atoms with Gasteiger partial charge in [0, 0.05) is 44.2 Å². The van der Waals surface area contributed by atoms with Crippen LogP contribution in [-0.4, -0.2) is 19.5 Å². The molecular formula is C58H36N4O. The third kappa shape index (κ3) is 5.27. The Bertz CT molecular complexity index is 3580. The lowest BCUT2D eigenvalue weighted by Crippen LogP contribution is -2.37. The number of hydrogen-bond donors (Lipinski definition) is 0. The summed E-state index contributed by atoms with van der Waals surface area (Å²) in [5, 5.41) is 2.49. The summed E-state index contributed by atoms with van der Waals surface area (Å²) in [7, 11) is 0. The van der Waals surface area contributed by atoms with Crippen molar-refractivity contribution >= 4 is 21.8 Å². The number of nitrogens with zero attached hydrogens (tertiary/aromatic N) is 4. The Kier molecular flexibility index (Phi) is 7.75. The topological polar surface area (TPSA) is 52.8 Å². The SMILES string of the molecule is c1ccc(-c2ccc(-c3nc(-c4ccccc4)nc(-c4ccc(-c5cccc6c5Oc5ccccc5C65c6ccccc6-n6c7ccccc7c7cccc5c76)cc4)n3)cc2)cc1. The van der Waals surface area contributed by atoms with Gasteiger partial charge in [-0.1, -0.05) is 200 Å². The van der Waals surface area contributed by atoms with E-state index < -0.39 is 5.41 Å². The molecule has 0 fully saturated rings. The number of hydrogen-bond acceptors (Lipinski definition) is 4. The number of benzene rings is 9. The maximum Gasteiger partial charge on any atom is 0.164 e. The van der Waals surface area contributed by atoms with Gasteiger partial charge in [0.15, 0.2) is 17.5 Å². The van der Waals surface area contributed by atoms with Crippen LogP contribution in [0.15, 0.2) is 218 Å². The lowest BCUT2D eigenvalue weighted by molar-refractivity contribution is 0.435. The Morgan fingerprint density at radius 3 is 1.57 bits per heavy atom. The number of fused-ring (bicyclic) bond motifs is 11. The third-order valence-corrected chi connectivity index (χ3v) is 12.9. The van der Waals surface area contributed by atoms with Crippen LogP contribution in [-0.2, 0) is 5.41 Å². The number of para-hydroxylation sites is 5. The molecule has 13 rings (SSSR count). The van der Waals surface area contributed by atoms with Gasteiger partial charge >= 0.3 is 0 Å². The zero-order chi connectivity index (χ0) is 41.5. The van der Waals surface area contributed by atoms with Crippen molar-refractivity contribution in [1.82, 2.24) is 19.5 Å². The van der Waals surface area contributed by atoms with Crippen LogP contribution in [0.25, 0.3) is 83.9 Å². The quantitative estimate of drug-likeness (QED) is 0.174. The fourth-order valence-electron chi connectivity index (χ4n) is 10.2. The van der Waals surface area contributed by atoms with E-state index in [-0.39, 0.29) is 0 Å². The lowest BCUT2D eigenvalue weighted by atomic mass is 9.61. The summed E-state index contributed by atoms with van der Waals surface area (Å²) in [6.07, 6.45) is 0. The van der Waals surface area contributed by atoms with Crippen molar-refractivity contribution in [2.75, 3.05) is 0 Å². The molecule has 1 atom stereocenters. The van der Waals surface area contributed by atoms with Gasteiger partial charge in [0.25, 0.3) is 0 Å². The molecule has 9 aromatic carbocycles. The van der Waals surface area contributed by atoms with Crippen LogP contribution < -0.4 is 4.74 Å². The normalized spacial score (nSPS) is 14.5. The molecule has 0 saturated heterocycles. The van der Waals surface area contributed by atoms with Crippen LogP contribution in [0.1, 0.15) is 22.3 Å². The molecule has 5 heteroatoms. The predicted octanol–water partition coefficient (Wildman–Crippen LogP) is 14.1. The molecule has 11 aromatic rings. The highest BCUT2D eigenvalue weighted by Gasteiger charge is 2.50. The molecular weight excluding hydrogens is 769 g/mol. The van der Waals surface area contributed by atoms with Gasteiger partial charge in [0.05, 0.1) is 22.1 Å². The molecule has 0 amide bonds. The molecule has 2 aliphatic heterocycles. The van der Waals surface area contributed by atoms with Crippen molar-refractivity contribution in [3.8, 4) is 73.6 Å². The zero-order valence-electron chi connectivity index (χ0n) is 34.0. The van der Waals surface area contributed by atoms with E-state index in [2.05, 4.69) is 187 Å². The van der Waals surface area contributed by atoms with Crippen LogP contribution in [0, 0.1) is 0 Å². The lowest BCUT2D eigenvalue weighted by Gasteiger charge is -2.45. The van der Waals surface area contributed by atoms with Crippen LogP contribution in [0.3, 0.4) is 0 Å². The van der Waals surface area contributed by atoms with Gasteiger partial charge in [-0.15, -0.1) is 0 Å². The summed E-state index contributed by atoms with van der Waals surface area (Å²) < 4.78 is 9.56. The summed E-state index contributed by atoms with van der Waals surface area (Å²) in [6, 6.07) is 77.2. The average Bonchev–Trinajstić information content (AvgIpc) is 3.71. The first-order chi connectivity index (χ1) is 31.2. The van der Waals surface area contributed by atoms with E-state index in [1.807, 2.05) is 36.4 Å². The van der Waals surface area contributed by atoms with Gasteiger partial charge in [-0.05, 0) is 46.0 Å². The molecule has 1 unspecified atom stereocenters. The summed E-state index contributed by atoms with van der Waals surface area (Å²) >= 11 is 0. The monoisotopic (exact) mass is 804 g/mol. The van der Waals surface area contributed by atoms with Crippen LogP contribution in [0.2, 0.25) is 0 Å². The smallest absolute Gasteiger partial charge is 0.164 e. The Balaban J connectivity index is 0.964. The molecule has 2 aliphatic rings. The second-order valence-electron chi connectivity index (χ2n) is 16.3. The highest BCUT2D eigenvalue weighted by atomic mass is 16.5. The summed E-state index contributed by atoms with van der Waals surface area (Å²) in [5.41, 5.74) is 14.8. The summed E-state index contributed by atoms with van der Waals surface area (Å²) in [4.78, 5) is 15.1. The predicted molar refractivity (Wildman–Crippen MR) is 253 cm³/mol. The molecule has 0 bridgehead atoms. The van der Waals surface area contributed by atoms with Crippen molar-refractivity contribution in [2.24, 2.45) is 0 Å². The third-order valence-electron chi connectivity index (χ3n) is 12.9. The Morgan fingerprint density at radius 1 is 0.349 bits per heavy atom. The minimum atomic E-state index is -0.644. The van der Waals surface area contributed by atoms with Crippen molar-refractivity contribution in [2.45, 2.75) is 5.41 Å². The molecule has 2 aromatic heterocycles. The van der Waals surface area contributed by atoms with Gasteiger partial charge in [0.2, 0.25) is 0 Å². The zero-order valence-corrected chi connectivity index (χ0v) is 34.0. The first-order valence-corrected chi connectivity index (χ1v) is 21.4. The highest BCUT2D eigenvalue weighted by Crippen LogP contribution is 2.61. The highest BCUT2D eigenvalue weighted by molar-refractivity contribution is 6.12. The van der Waals surface area contributed by atoms with Crippen molar-refractivity contribution < 1.29 is 4.74 Å². The van der Waals surface area contributed by atoms with E-state index in [9.17, 15) is 0 Å². The second kappa shape index (κ2) is 13.8. The average molecular weight is 805 g/mol. The number of ether oxygens (including phenoxy) is 1. The molecule has 0 aliphatic carbocycles. The summed E-state index contributed by atoms with van der Waals surface area (Å²) in [6.45, 7) is 0. The molecule has 63 heavy (non-hydrogen) atoms. The fourth-order valence-corrected chi connectivity index (χ4v) is 10.2. The number of rotatable bonds is 5. The van der Waals surface area contributed by atoms with Gasteiger partial charge in [0.1, 0.15) is 11.5 Å². The standard InChI is InChI=1S/C58H36N4O/c1-3-15-37(16-4-1)38-29-33-41(34-30-38)56-59-55(40-17-5-2-6-18-40)60-57(61-56)42-35-31-39(32-36-42)43-20-13-25-49-54(43)63-52-28-12-9-23-47(52)58(49)46-22-8-11-27-51(46)62-50-26-10-7-19-44(50)45-21-14-24-48(58)53(45)62/h1-36H. The van der Waals surface area contributed by atoms with Gasteiger partial charge in [-0.25, -0.2) is 15.0 Å². The molecule has 1 spiro atoms. The molecule has 0 saturated carbocycles. The Hall–Kier alpha value is -8.41. The largest absolute Gasteiger partial charge is 0.456 e. The van der Waals surface area contributed by atoms with E-state index in [0.717, 1.165) is 56.0 Å². The first-order valence-electron chi connectivity index (χ1n) is 21.4. The maximum atomic E-state index is 7.09. The molecule has 4 heterocycles. The summed E-state index contributed by atoms with van der Waals surface area (Å²) in [5.74, 6) is 3.57. The Morgan fingerprint density at radius 2 is 0.841 bits per heavy atom. The van der Waals surface area contributed by atoms with E-state index in [0.29, 0.717) is 17.5 Å². The van der Waals surface area contributed by atoms with Gasteiger partial charge < -0.3 is 9.30 Å². The molecule has 5 nitrogen and oxygen atoms in total. The van der Waals surface area contributed by atoms with E-state index in [1.54, 1.807) is 0 Å². The van der Waals surface area contributed by atoms with Crippen LogP contribution in [0.5, 0.6) is 11.5 Å². The number of aromatic nitrogens is 4. The molecule has 0 N–H and O–H groups in total. The van der Waals surface area contributed by atoms with E-state index >= 15 is 0 Å². The first kappa shape index (κ1) is 35.4. The minimum Gasteiger partial charge on any atom is -0.456 e. The van der Waals surface area contributed by atoms with Crippen LogP contribution >= 0.6 is 0 Å². The fraction of sp³-hybridized carbons (Fsp3) is 0.0172. The van der Waals surface area contributed by atoms with E-state index in [4.69, 9.17) is 19.7 Å². The van der Waals surface area contributed by atoms with Crippen molar-refractivity contribution in [3.05, 3.63) is 241 Å². The van der Waals surface area contributed by atoms with Crippen molar-refractivity contribution in [3.63, 3.8) is 0 Å². The van der Waals surface area contributed by atoms with Gasteiger partial charge in [-0.2, -0.15) is 0 Å². The van der Waals surface area contributed by atoms with Gasteiger partial charge in [-0.3, -0.25) is 0 Å². The molecule has 0 radical (unpaired) electrons. The van der Waals surface area contributed by atoms with Crippen LogP contribution in [0.4, 0.5) is 0 Å². The van der Waals surface area contributed by atoms with Crippen molar-refractivity contribution in [1.29, 1.82) is 0 Å².